The first-order valence-electron chi connectivity index (χ1n) is 8.94. The van der Waals surface area contributed by atoms with Crippen LogP contribution < -0.4 is 15.4 Å². The number of thiocarbonyl (C=S) groups is 1. The first-order chi connectivity index (χ1) is 14.2. The number of benzene rings is 2. The Morgan fingerprint density at radius 1 is 1.07 bits per heavy atom. The molecule has 0 aliphatic carbocycles. The minimum absolute atomic E-state index is 0.0670. The number of nitrogens with zero attached hydrogens (tertiary/aromatic N) is 2. The van der Waals surface area contributed by atoms with Gasteiger partial charge in [-0.3, -0.25) is 30.3 Å². The van der Waals surface area contributed by atoms with Gasteiger partial charge in [0, 0.05) is 17.8 Å². The van der Waals surface area contributed by atoms with Gasteiger partial charge in [0.05, 0.1) is 28.1 Å². The number of nitro groups is 2. The zero-order valence-corrected chi connectivity index (χ0v) is 17.1. The molecule has 10 nitrogen and oxygen atoms in total. The first-order valence-corrected chi connectivity index (χ1v) is 9.35. The van der Waals surface area contributed by atoms with Gasteiger partial charge in [-0.05, 0) is 48.8 Å². The minimum Gasteiger partial charge on any atom is -0.494 e. The molecule has 30 heavy (non-hydrogen) atoms. The third-order valence-electron chi connectivity index (χ3n) is 3.89. The van der Waals surface area contributed by atoms with Gasteiger partial charge in [-0.1, -0.05) is 13.8 Å². The minimum atomic E-state index is -0.814. The fourth-order valence-corrected chi connectivity index (χ4v) is 2.53. The van der Waals surface area contributed by atoms with Crippen molar-refractivity contribution in [2.24, 2.45) is 5.92 Å². The lowest BCUT2D eigenvalue weighted by Crippen LogP contribution is -2.34. The van der Waals surface area contributed by atoms with E-state index < -0.39 is 27.1 Å². The Bertz CT molecular complexity index is 930. The summed E-state index contributed by atoms with van der Waals surface area (Å²) in [6.07, 6.45) is 0.936. The molecule has 2 aromatic carbocycles. The maximum Gasteiger partial charge on any atom is 0.277 e. The van der Waals surface area contributed by atoms with Crippen molar-refractivity contribution in [2.45, 2.75) is 20.3 Å². The Labute approximate surface area is 177 Å². The summed E-state index contributed by atoms with van der Waals surface area (Å²) in [6.45, 7) is 4.82. The number of hydrogen-bond donors (Lipinski definition) is 2. The van der Waals surface area contributed by atoms with Gasteiger partial charge in [0.1, 0.15) is 5.75 Å². The van der Waals surface area contributed by atoms with Crippen molar-refractivity contribution in [3.8, 4) is 5.75 Å². The van der Waals surface area contributed by atoms with Crippen molar-refractivity contribution < 1.29 is 19.4 Å². The van der Waals surface area contributed by atoms with E-state index in [1.165, 1.54) is 0 Å². The average Bonchev–Trinajstić information content (AvgIpc) is 2.68. The number of carbonyl (C=O) groups excluding carboxylic acids is 1. The van der Waals surface area contributed by atoms with Crippen molar-refractivity contribution >= 4 is 40.3 Å². The van der Waals surface area contributed by atoms with E-state index in [1.807, 2.05) is 0 Å². The number of hydrogen-bond acceptors (Lipinski definition) is 7. The highest BCUT2D eigenvalue weighted by Crippen LogP contribution is 2.23. The third kappa shape index (κ3) is 6.78. The van der Waals surface area contributed by atoms with Crippen molar-refractivity contribution in [3.05, 3.63) is 68.3 Å². The molecule has 0 spiro atoms. The van der Waals surface area contributed by atoms with Crippen LogP contribution in [0.1, 0.15) is 30.6 Å². The molecule has 0 radical (unpaired) electrons. The average molecular weight is 432 g/mol. The maximum absolute atomic E-state index is 12.3. The van der Waals surface area contributed by atoms with E-state index in [4.69, 9.17) is 17.0 Å². The number of anilines is 1. The molecule has 158 valence electrons. The third-order valence-corrected chi connectivity index (χ3v) is 4.09. The van der Waals surface area contributed by atoms with E-state index >= 15 is 0 Å². The SMILES string of the molecule is CC(C)CCOc1ccc(NC(=S)NC(=O)c2cc([N+](=O)[O-])cc([N+](=O)[O-])c2)cc1. The van der Waals surface area contributed by atoms with E-state index in [0.29, 0.717) is 24.0 Å². The van der Waals surface area contributed by atoms with Crippen LogP contribution in [0.2, 0.25) is 0 Å². The van der Waals surface area contributed by atoms with Crippen LogP contribution in [-0.4, -0.2) is 27.5 Å². The molecule has 11 heteroatoms. The van der Waals surface area contributed by atoms with Crippen molar-refractivity contribution in [1.29, 1.82) is 0 Å². The number of ether oxygens (including phenoxy) is 1. The number of rotatable bonds is 8. The summed E-state index contributed by atoms with van der Waals surface area (Å²) in [6, 6.07) is 9.57. The lowest BCUT2D eigenvalue weighted by Gasteiger charge is -2.11. The number of carbonyl (C=O) groups is 1. The summed E-state index contributed by atoms with van der Waals surface area (Å²) >= 11 is 5.07. The van der Waals surface area contributed by atoms with Gasteiger partial charge < -0.3 is 10.1 Å². The second-order valence-electron chi connectivity index (χ2n) is 6.72. The van der Waals surface area contributed by atoms with Crippen LogP contribution in [0.5, 0.6) is 5.75 Å². The lowest BCUT2D eigenvalue weighted by atomic mass is 10.1. The quantitative estimate of drug-likeness (QED) is 0.362. The second kappa shape index (κ2) is 10.3. The Morgan fingerprint density at radius 2 is 1.63 bits per heavy atom. The van der Waals surface area contributed by atoms with Crippen LogP contribution in [0.25, 0.3) is 0 Å². The molecule has 0 aliphatic heterocycles. The van der Waals surface area contributed by atoms with Crippen LogP contribution in [0.3, 0.4) is 0 Å². The van der Waals surface area contributed by atoms with Gasteiger partial charge in [-0.25, -0.2) is 0 Å². The van der Waals surface area contributed by atoms with E-state index in [0.717, 1.165) is 24.6 Å². The first kappa shape index (κ1) is 22.7. The molecule has 0 heterocycles. The van der Waals surface area contributed by atoms with Gasteiger partial charge in [0.2, 0.25) is 0 Å². The summed E-state index contributed by atoms with van der Waals surface area (Å²) in [5.41, 5.74) is -0.807. The Kier molecular flexibility index (Phi) is 7.76. The molecule has 2 N–H and O–H groups in total. The molecule has 0 unspecified atom stereocenters. The summed E-state index contributed by atoms with van der Waals surface area (Å²) in [4.78, 5) is 32.6. The largest absolute Gasteiger partial charge is 0.494 e. The van der Waals surface area contributed by atoms with Crippen LogP contribution >= 0.6 is 12.2 Å². The van der Waals surface area contributed by atoms with E-state index in [2.05, 4.69) is 24.5 Å². The lowest BCUT2D eigenvalue weighted by molar-refractivity contribution is -0.394. The van der Waals surface area contributed by atoms with Crippen LogP contribution in [0.4, 0.5) is 17.1 Å². The molecule has 2 aromatic rings. The summed E-state index contributed by atoms with van der Waals surface area (Å²) in [7, 11) is 0. The second-order valence-corrected chi connectivity index (χ2v) is 7.12. The van der Waals surface area contributed by atoms with E-state index in [1.54, 1.807) is 24.3 Å². The van der Waals surface area contributed by atoms with Gasteiger partial charge >= 0.3 is 0 Å². The van der Waals surface area contributed by atoms with Gasteiger partial charge in [-0.15, -0.1) is 0 Å². The molecule has 0 bridgehead atoms. The topological polar surface area (TPSA) is 137 Å². The highest BCUT2D eigenvalue weighted by atomic mass is 32.1. The molecular formula is C19H20N4O6S. The zero-order valence-electron chi connectivity index (χ0n) is 16.3. The van der Waals surface area contributed by atoms with Crippen molar-refractivity contribution in [2.75, 3.05) is 11.9 Å². The number of nitro benzene ring substituents is 2. The van der Waals surface area contributed by atoms with Crippen molar-refractivity contribution in [3.63, 3.8) is 0 Å². The van der Waals surface area contributed by atoms with Gasteiger partial charge in [0.15, 0.2) is 5.11 Å². The van der Waals surface area contributed by atoms with Crippen molar-refractivity contribution in [1.82, 2.24) is 5.32 Å². The normalized spacial score (nSPS) is 10.4. The maximum atomic E-state index is 12.3. The van der Waals surface area contributed by atoms with E-state index in [-0.39, 0.29) is 10.7 Å². The van der Waals surface area contributed by atoms with Crippen LogP contribution in [0.15, 0.2) is 42.5 Å². The number of nitrogens with one attached hydrogen (secondary N) is 2. The molecule has 0 fully saturated rings. The highest BCUT2D eigenvalue weighted by Gasteiger charge is 2.20. The Balaban J connectivity index is 2.00. The smallest absolute Gasteiger partial charge is 0.277 e. The molecule has 0 atom stereocenters. The summed E-state index contributed by atoms with van der Waals surface area (Å²) in [5, 5.41) is 27.0. The molecule has 0 saturated carbocycles. The molecule has 1 amide bonds. The Morgan fingerprint density at radius 3 is 2.13 bits per heavy atom. The monoisotopic (exact) mass is 432 g/mol. The molecular weight excluding hydrogens is 412 g/mol. The fourth-order valence-electron chi connectivity index (χ4n) is 2.32. The Hall–Kier alpha value is -3.60. The number of amides is 1. The molecule has 0 aromatic heterocycles. The van der Waals surface area contributed by atoms with Crippen LogP contribution in [0, 0.1) is 26.1 Å². The van der Waals surface area contributed by atoms with Gasteiger partial charge in [0.25, 0.3) is 17.3 Å². The fraction of sp³-hybridized carbons (Fsp3) is 0.263. The summed E-state index contributed by atoms with van der Waals surface area (Å²) < 4.78 is 5.62. The predicted molar refractivity (Wildman–Crippen MR) is 115 cm³/mol. The molecule has 0 aliphatic rings. The number of non-ortho nitro benzene ring substituents is 2. The summed E-state index contributed by atoms with van der Waals surface area (Å²) in [5.74, 6) is 0.424. The zero-order chi connectivity index (χ0) is 22.3. The standard InChI is InChI=1S/C19H20N4O6S/c1-12(2)7-8-29-17-5-3-14(4-6-17)20-19(30)21-18(24)13-9-15(22(25)26)11-16(10-13)23(27)28/h3-6,9-12H,7-8H2,1-2H3,(H2,20,21,24,30). The van der Waals surface area contributed by atoms with Crippen LogP contribution in [-0.2, 0) is 0 Å². The highest BCUT2D eigenvalue weighted by molar-refractivity contribution is 7.80. The molecule has 0 saturated heterocycles. The van der Waals surface area contributed by atoms with Gasteiger partial charge in [-0.2, -0.15) is 0 Å². The predicted octanol–water partition coefficient (Wildman–Crippen LogP) is 4.05. The van der Waals surface area contributed by atoms with E-state index in [9.17, 15) is 25.0 Å². The molecule has 2 rings (SSSR count).